The van der Waals surface area contributed by atoms with Crippen molar-refractivity contribution in [2.45, 2.75) is 13.0 Å². The molecule has 0 atom stereocenters. The first-order valence-corrected chi connectivity index (χ1v) is 8.87. The van der Waals surface area contributed by atoms with Gasteiger partial charge in [-0.15, -0.1) is 5.10 Å². The fourth-order valence-electron chi connectivity index (χ4n) is 2.94. The number of hydrogen-bond acceptors (Lipinski definition) is 3. The number of anilines is 1. The maximum atomic E-state index is 12.6. The lowest BCUT2D eigenvalue weighted by Crippen LogP contribution is -2.39. The minimum absolute atomic E-state index is 0.228. The fraction of sp³-hybridized carbons (Fsp3) is 0.167. The summed E-state index contributed by atoms with van der Waals surface area (Å²) in [5.74, 6) is 0. The molecule has 1 N–H and O–H groups in total. The number of benzene rings is 2. The second-order valence-corrected chi connectivity index (χ2v) is 6.80. The van der Waals surface area contributed by atoms with E-state index in [1.807, 2.05) is 35.0 Å². The monoisotopic (exact) mass is 387 g/mol. The van der Waals surface area contributed by atoms with Gasteiger partial charge in [-0.2, -0.15) is 0 Å². The number of fused-ring (bicyclic) bond motifs is 1. The molecule has 0 aliphatic carbocycles. The minimum atomic E-state index is -0.228. The van der Waals surface area contributed by atoms with Crippen molar-refractivity contribution in [2.24, 2.45) is 0 Å². The quantitative estimate of drug-likeness (QED) is 0.717. The average molecular weight is 388 g/mol. The Kier molecular flexibility index (Phi) is 4.53. The van der Waals surface area contributed by atoms with Crippen molar-refractivity contribution in [1.29, 1.82) is 0 Å². The summed E-state index contributed by atoms with van der Waals surface area (Å²) in [5, 5.41) is 12.2. The number of carbonyl (C=O) groups excluding carboxylic acids is 1. The van der Waals surface area contributed by atoms with Gasteiger partial charge in [0, 0.05) is 18.0 Å². The average Bonchev–Trinajstić information content (AvgIpc) is 3.08. The number of nitrogens with one attached hydrogen (secondary N) is 1. The number of halogens is 2. The Morgan fingerprint density at radius 1 is 1.12 bits per heavy atom. The van der Waals surface area contributed by atoms with Gasteiger partial charge in [0.05, 0.1) is 28.6 Å². The van der Waals surface area contributed by atoms with E-state index in [2.05, 4.69) is 15.6 Å². The van der Waals surface area contributed by atoms with Crippen LogP contribution < -0.4 is 5.32 Å². The van der Waals surface area contributed by atoms with Crippen LogP contribution in [0.5, 0.6) is 0 Å². The third-order valence-electron chi connectivity index (χ3n) is 4.26. The van der Waals surface area contributed by atoms with Crippen LogP contribution in [0.15, 0.2) is 48.5 Å². The number of nitrogens with zero attached hydrogens (tertiary/aromatic N) is 4. The van der Waals surface area contributed by atoms with E-state index in [9.17, 15) is 4.79 Å². The zero-order valence-electron chi connectivity index (χ0n) is 13.7. The number of urea groups is 1. The van der Waals surface area contributed by atoms with E-state index in [-0.39, 0.29) is 6.03 Å². The molecule has 2 aromatic carbocycles. The molecule has 0 saturated carbocycles. The van der Waals surface area contributed by atoms with Crippen molar-refractivity contribution < 1.29 is 4.79 Å². The molecule has 2 amide bonds. The van der Waals surface area contributed by atoms with Gasteiger partial charge in [0.1, 0.15) is 5.69 Å². The SMILES string of the molecule is O=C(Nc1ccc(Cl)cc1Cl)N1CCc2c(nnn2-c2ccccc2)C1. The number of amides is 2. The number of aromatic nitrogens is 3. The van der Waals surface area contributed by atoms with Crippen LogP contribution in [-0.4, -0.2) is 32.5 Å². The molecule has 8 heteroatoms. The molecule has 0 bridgehead atoms. The van der Waals surface area contributed by atoms with Gasteiger partial charge in [-0.25, -0.2) is 9.48 Å². The first kappa shape index (κ1) is 16.9. The molecule has 1 aromatic heterocycles. The molecule has 132 valence electrons. The molecule has 0 radical (unpaired) electrons. The number of hydrogen-bond donors (Lipinski definition) is 1. The van der Waals surface area contributed by atoms with Crippen LogP contribution in [0.25, 0.3) is 5.69 Å². The second kappa shape index (κ2) is 6.97. The highest BCUT2D eigenvalue weighted by Crippen LogP contribution is 2.26. The van der Waals surface area contributed by atoms with Crippen molar-refractivity contribution in [2.75, 3.05) is 11.9 Å². The highest BCUT2D eigenvalue weighted by molar-refractivity contribution is 6.36. The van der Waals surface area contributed by atoms with E-state index < -0.39 is 0 Å². The molecule has 0 saturated heterocycles. The Bertz CT molecular complexity index is 957. The molecule has 0 unspecified atom stereocenters. The lowest BCUT2D eigenvalue weighted by atomic mass is 10.1. The summed E-state index contributed by atoms with van der Waals surface area (Å²) in [5.41, 5.74) is 3.33. The lowest BCUT2D eigenvalue weighted by molar-refractivity contribution is 0.205. The maximum Gasteiger partial charge on any atom is 0.322 e. The molecule has 1 aliphatic heterocycles. The predicted octanol–water partition coefficient (Wildman–Crippen LogP) is 4.16. The van der Waals surface area contributed by atoms with Crippen molar-refractivity contribution in [3.8, 4) is 5.69 Å². The summed E-state index contributed by atoms with van der Waals surface area (Å²) in [7, 11) is 0. The largest absolute Gasteiger partial charge is 0.322 e. The standard InChI is InChI=1S/C18H15Cl2N5O/c19-12-6-7-15(14(20)10-12)21-18(26)24-9-8-17-16(11-24)22-23-25(17)13-4-2-1-3-5-13/h1-7,10H,8-9,11H2,(H,21,26). The van der Waals surface area contributed by atoms with Gasteiger partial charge >= 0.3 is 6.03 Å². The molecule has 6 nitrogen and oxygen atoms in total. The summed E-state index contributed by atoms with van der Waals surface area (Å²) >= 11 is 12.0. The van der Waals surface area contributed by atoms with Crippen LogP contribution in [0.2, 0.25) is 10.0 Å². The summed E-state index contributed by atoms with van der Waals surface area (Å²) in [4.78, 5) is 14.3. The summed E-state index contributed by atoms with van der Waals surface area (Å²) in [6.45, 7) is 0.976. The Morgan fingerprint density at radius 3 is 2.69 bits per heavy atom. The van der Waals surface area contributed by atoms with E-state index in [4.69, 9.17) is 23.2 Å². The highest BCUT2D eigenvalue weighted by Gasteiger charge is 2.26. The molecule has 3 aromatic rings. The van der Waals surface area contributed by atoms with Gasteiger partial charge in [0.15, 0.2) is 0 Å². The van der Waals surface area contributed by atoms with Crippen LogP contribution in [0.4, 0.5) is 10.5 Å². The van der Waals surface area contributed by atoms with Crippen molar-refractivity contribution >= 4 is 34.9 Å². The van der Waals surface area contributed by atoms with E-state index in [0.717, 1.165) is 17.1 Å². The van der Waals surface area contributed by atoms with Gasteiger partial charge in [-0.3, -0.25) is 0 Å². The third kappa shape index (κ3) is 3.25. The molecule has 1 aliphatic rings. The van der Waals surface area contributed by atoms with Gasteiger partial charge in [0.2, 0.25) is 0 Å². The summed E-state index contributed by atoms with van der Waals surface area (Å²) in [6.07, 6.45) is 0.680. The molecule has 2 heterocycles. The molecule has 0 fully saturated rings. The number of carbonyl (C=O) groups is 1. The Morgan fingerprint density at radius 2 is 1.92 bits per heavy atom. The van der Waals surface area contributed by atoms with Gasteiger partial charge < -0.3 is 10.2 Å². The molecular weight excluding hydrogens is 373 g/mol. The number of para-hydroxylation sites is 1. The van der Waals surface area contributed by atoms with E-state index in [1.54, 1.807) is 23.1 Å². The Balaban J connectivity index is 1.50. The summed E-state index contributed by atoms with van der Waals surface area (Å²) < 4.78 is 1.83. The fourth-order valence-corrected chi connectivity index (χ4v) is 3.40. The summed E-state index contributed by atoms with van der Waals surface area (Å²) in [6, 6.07) is 14.6. The Labute approximate surface area is 160 Å². The third-order valence-corrected chi connectivity index (χ3v) is 4.81. The smallest absolute Gasteiger partial charge is 0.318 e. The molecule has 26 heavy (non-hydrogen) atoms. The van der Waals surface area contributed by atoms with Gasteiger partial charge in [-0.05, 0) is 30.3 Å². The lowest BCUT2D eigenvalue weighted by Gasteiger charge is -2.26. The maximum absolute atomic E-state index is 12.6. The van der Waals surface area contributed by atoms with Crippen molar-refractivity contribution in [3.63, 3.8) is 0 Å². The van der Waals surface area contributed by atoms with Gasteiger partial charge in [0.25, 0.3) is 0 Å². The second-order valence-electron chi connectivity index (χ2n) is 5.96. The zero-order valence-corrected chi connectivity index (χ0v) is 15.2. The van der Waals surface area contributed by atoms with E-state index >= 15 is 0 Å². The zero-order chi connectivity index (χ0) is 18.1. The topological polar surface area (TPSA) is 63.1 Å². The predicted molar refractivity (Wildman–Crippen MR) is 101 cm³/mol. The normalized spacial score (nSPS) is 13.4. The van der Waals surface area contributed by atoms with Crippen molar-refractivity contribution in [3.05, 3.63) is 70.0 Å². The molecule has 4 rings (SSSR count). The van der Waals surface area contributed by atoms with Crippen molar-refractivity contribution in [1.82, 2.24) is 19.9 Å². The number of rotatable bonds is 2. The van der Waals surface area contributed by atoms with Crippen LogP contribution in [0.1, 0.15) is 11.4 Å². The first-order chi connectivity index (χ1) is 12.6. The van der Waals surface area contributed by atoms with E-state index in [0.29, 0.717) is 35.2 Å². The van der Waals surface area contributed by atoms with Crippen LogP contribution in [0.3, 0.4) is 0 Å². The molecule has 0 spiro atoms. The van der Waals surface area contributed by atoms with Crippen LogP contribution in [-0.2, 0) is 13.0 Å². The highest BCUT2D eigenvalue weighted by atomic mass is 35.5. The van der Waals surface area contributed by atoms with Gasteiger partial charge in [-0.1, -0.05) is 46.6 Å². The van der Waals surface area contributed by atoms with E-state index in [1.165, 1.54) is 0 Å². The minimum Gasteiger partial charge on any atom is -0.318 e. The first-order valence-electron chi connectivity index (χ1n) is 8.11. The molecular formula is C18H15Cl2N5O. The van der Waals surface area contributed by atoms with Crippen LogP contribution in [0, 0.1) is 0 Å². The Hall–Kier alpha value is -2.57. The van der Waals surface area contributed by atoms with Crippen LogP contribution >= 0.6 is 23.2 Å².